The molecule has 4 fully saturated rings. The van der Waals surface area contributed by atoms with E-state index in [1.807, 2.05) is 0 Å². The lowest BCUT2D eigenvalue weighted by molar-refractivity contribution is -0.357. The lowest BCUT2D eigenvalue weighted by Crippen LogP contribution is -2.77. The Labute approximate surface area is 185 Å². The van der Waals surface area contributed by atoms with Crippen LogP contribution in [0.5, 0.6) is 0 Å². The number of nitrogens with one attached hydrogen (secondary N) is 1. The Kier molecular flexibility index (Phi) is 4.99. The Morgan fingerprint density at radius 2 is 1.97 bits per heavy atom. The van der Waals surface area contributed by atoms with Gasteiger partial charge in [-0.15, -0.1) is 13.2 Å². The van der Waals surface area contributed by atoms with E-state index in [2.05, 4.69) is 20.3 Å². The van der Waals surface area contributed by atoms with Gasteiger partial charge in [0.25, 0.3) is 0 Å². The molecule has 12 heteroatoms. The van der Waals surface area contributed by atoms with Gasteiger partial charge in [0.2, 0.25) is 5.91 Å². The maximum atomic E-state index is 13.7. The molecule has 0 atom stereocenters. The number of rotatable bonds is 7. The van der Waals surface area contributed by atoms with E-state index in [1.54, 1.807) is 12.3 Å². The van der Waals surface area contributed by atoms with Crippen LogP contribution in [0.2, 0.25) is 5.02 Å². The summed E-state index contributed by atoms with van der Waals surface area (Å²) in [7, 11) is 0. The standard InChI is InChI=1S/C20H19ClF4N4O3/c21-14-2-1-11(3-15(14)22)29-26-6-16(28-29)18-8-19(9-18,10-18)27-17(30)7-31-12-4-13(5-12)32-20(23,24)25/h1-3,6,12-13H,4-5,7-10H2,(H,27,30). The topological polar surface area (TPSA) is 78.3 Å². The predicted octanol–water partition coefficient (Wildman–Crippen LogP) is 3.43. The second-order valence-corrected chi connectivity index (χ2v) is 9.25. The van der Waals surface area contributed by atoms with Crippen molar-refractivity contribution in [2.24, 2.45) is 0 Å². The molecule has 4 aliphatic carbocycles. The SMILES string of the molecule is O=C(COC1CC(OC(F)(F)F)C1)NC12CC(c3cnn(-c4ccc(Cl)c(F)c4)n3)(C1)C2. The summed E-state index contributed by atoms with van der Waals surface area (Å²) in [6, 6.07) is 4.32. The number of aromatic nitrogens is 3. The van der Waals surface area contributed by atoms with Gasteiger partial charge in [0, 0.05) is 29.9 Å². The van der Waals surface area contributed by atoms with Crippen molar-refractivity contribution in [3.8, 4) is 5.69 Å². The van der Waals surface area contributed by atoms with Gasteiger partial charge in [-0.2, -0.15) is 15.0 Å². The summed E-state index contributed by atoms with van der Waals surface area (Å²) in [5.41, 5.74) is 0.778. The van der Waals surface area contributed by atoms with Crippen LogP contribution in [0.25, 0.3) is 5.69 Å². The molecule has 0 radical (unpaired) electrons. The number of nitrogens with zero attached hydrogens (tertiary/aromatic N) is 3. The van der Waals surface area contributed by atoms with Crippen molar-refractivity contribution >= 4 is 17.5 Å². The third-order valence-electron chi connectivity index (χ3n) is 6.41. The first-order chi connectivity index (χ1) is 15.0. The molecule has 2 bridgehead atoms. The molecule has 172 valence electrons. The smallest absolute Gasteiger partial charge is 0.368 e. The lowest BCUT2D eigenvalue weighted by Gasteiger charge is -2.69. The summed E-state index contributed by atoms with van der Waals surface area (Å²) in [6.45, 7) is -0.198. The highest BCUT2D eigenvalue weighted by Gasteiger charge is 2.70. The van der Waals surface area contributed by atoms with E-state index in [9.17, 15) is 22.4 Å². The molecule has 4 saturated carbocycles. The second kappa shape index (κ2) is 7.39. The maximum Gasteiger partial charge on any atom is 0.522 e. The van der Waals surface area contributed by atoms with E-state index in [-0.39, 0.29) is 41.3 Å². The van der Waals surface area contributed by atoms with E-state index in [0.717, 1.165) is 5.69 Å². The molecule has 1 N–H and O–H groups in total. The Morgan fingerprint density at radius 3 is 2.62 bits per heavy atom. The normalized spacial score (nSPS) is 30.8. The fraction of sp³-hybridized carbons (Fsp3) is 0.550. The Morgan fingerprint density at radius 1 is 1.25 bits per heavy atom. The van der Waals surface area contributed by atoms with Gasteiger partial charge in [0.1, 0.15) is 12.4 Å². The Balaban J connectivity index is 1.08. The van der Waals surface area contributed by atoms with Crippen LogP contribution in [0, 0.1) is 5.82 Å². The van der Waals surface area contributed by atoms with Gasteiger partial charge in [0.05, 0.1) is 34.8 Å². The average molecular weight is 475 g/mol. The third-order valence-corrected chi connectivity index (χ3v) is 6.71. The molecule has 0 unspecified atom stereocenters. The van der Waals surface area contributed by atoms with Crippen LogP contribution in [0.4, 0.5) is 17.6 Å². The highest BCUT2D eigenvalue weighted by molar-refractivity contribution is 6.30. The number of hydrogen-bond acceptors (Lipinski definition) is 5. The molecule has 32 heavy (non-hydrogen) atoms. The summed E-state index contributed by atoms with van der Waals surface area (Å²) >= 11 is 5.71. The quantitative estimate of drug-likeness (QED) is 0.622. The molecule has 7 nitrogen and oxygen atoms in total. The zero-order valence-electron chi connectivity index (χ0n) is 16.7. The van der Waals surface area contributed by atoms with Gasteiger partial charge in [-0.25, -0.2) is 4.39 Å². The van der Waals surface area contributed by atoms with Crippen molar-refractivity contribution in [2.75, 3.05) is 6.61 Å². The number of carbonyl (C=O) groups excluding carboxylic acids is 1. The van der Waals surface area contributed by atoms with Crippen LogP contribution in [-0.4, -0.2) is 51.6 Å². The first kappa shape index (κ1) is 21.6. The maximum absolute atomic E-state index is 13.7. The van der Waals surface area contributed by atoms with Crippen LogP contribution >= 0.6 is 11.6 Å². The van der Waals surface area contributed by atoms with Crippen LogP contribution < -0.4 is 5.32 Å². The molecular formula is C20H19ClF4N4O3. The van der Waals surface area contributed by atoms with Crippen molar-refractivity contribution in [3.05, 3.63) is 40.9 Å². The van der Waals surface area contributed by atoms with Crippen LogP contribution in [-0.2, 0) is 19.7 Å². The second-order valence-electron chi connectivity index (χ2n) is 8.85. The first-order valence-corrected chi connectivity index (χ1v) is 10.5. The molecule has 6 rings (SSSR count). The fourth-order valence-corrected chi connectivity index (χ4v) is 5.01. The molecule has 1 aromatic carbocycles. The summed E-state index contributed by atoms with van der Waals surface area (Å²) < 4.78 is 59.3. The average Bonchev–Trinajstić information content (AvgIpc) is 3.10. The zero-order valence-corrected chi connectivity index (χ0v) is 17.4. The van der Waals surface area contributed by atoms with E-state index >= 15 is 0 Å². The number of benzene rings is 1. The molecule has 1 amide bonds. The largest absolute Gasteiger partial charge is 0.522 e. The number of amides is 1. The number of halogens is 5. The van der Waals surface area contributed by atoms with Crippen molar-refractivity contribution in [1.29, 1.82) is 0 Å². The highest BCUT2D eigenvalue weighted by atomic mass is 35.5. The molecule has 2 aromatic rings. The van der Waals surface area contributed by atoms with Gasteiger partial charge >= 0.3 is 6.36 Å². The molecule has 4 aliphatic rings. The van der Waals surface area contributed by atoms with E-state index < -0.39 is 24.4 Å². The summed E-state index contributed by atoms with van der Waals surface area (Å²) in [5.74, 6) is -0.846. The molecule has 0 spiro atoms. The molecular weight excluding hydrogens is 456 g/mol. The zero-order chi connectivity index (χ0) is 22.7. The van der Waals surface area contributed by atoms with Crippen molar-refractivity contribution < 1.29 is 31.8 Å². The van der Waals surface area contributed by atoms with Crippen LogP contribution in [0.1, 0.15) is 37.8 Å². The van der Waals surface area contributed by atoms with E-state index in [4.69, 9.17) is 16.3 Å². The van der Waals surface area contributed by atoms with Gasteiger partial charge in [-0.3, -0.25) is 9.53 Å². The summed E-state index contributed by atoms with van der Waals surface area (Å²) in [5, 5.41) is 11.7. The van der Waals surface area contributed by atoms with Gasteiger partial charge in [-0.1, -0.05) is 11.6 Å². The third kappa shape index (κ3) is 3.97. The lowest BCUT2D eigenvalue weighted by atomic mass is 9.38. The van der Waals surface area contributed by atoms with E-state index in [0.29, 0.717) is 24.9 Å². The molecule has 0 aliphatic heterocycles. The number of alkyl halides is 3. The summed E-state index contributed by atoms with van der Waals surface area (Å²) in [4.78, 5) is 13.5. The first-order valence-electron chi connectivity index (χ1n) is 10.1. The van der Waals surface area contributed by atoms with Crippen molar-refractivity contribution in [2.45, 2.75) is 61.6 Å². The van der Waals surface area contributed by atoms with Gasteiger partial charge in [-0.05, 0) is 31.4 Å². The minimum atomic E-state index is -4.65. The molecule has 0 saturated heterocycles. The van der Waals surface area contributed by atoms with Crippen molar-refractivity contribution in [3.63, 3.8) is 0 Å². The van der Waals surface area contributed by atoms with Gasteiger partial charge < -0.3 is 10.1 Å². The predicted molar refractivity (Wildman–Crippen MR) is 103 cm³/mol. The Bertz CT molecular complexity index is 1030. The van der Waals surface area contributed by atoms with Gasteiger partial charge in [0.15, 0.2) is 0 Å². The molecule has 1 aromatic heterocycles. The number of carbonyl (C=O) groups is 1. The highest BCUT2D eigenvalue weighted by Crippen LogP contribution is 2.67. The minimum Gasteiger partial charge on any atom is -0.368 e. The van der Waals surface area contributed by atoms with Crippen LogP contribution in [0.15, 0.2) is 24.4 Å². The minimum absolute atomic E-state index is 0.0222. The van der Waals surface area contributed by atoms with Crippen molar-refractivity contribution in [1.82, 2.24) is 20.3 Å². The fourth-order valence-electron chi connectivity index (χ4n) is 4.90. The number of ether oxygens (including phenoxy) is 2. The monoisotopic (exact) mass is 474 g/mol. The Hall–Kier alpha value is -2.24. The summed E-state index contributed by atoms with van der Waals surface area (Å²) in [6.07, 6.45) is -1.93. The number of hydrogen-bond donors (Lipinski definition) is 1. The molecule has 1 heterocycles. The van der Waals surface area contributed by atoms with Crippen LogP contribution in [0.3, 0.4) is 0 Å². The van der Waals surface area contributed by atoms with E-state index in [1.165, 1.54) is 16.9 Å².